The zero-order valence-electron chi connectivity index (χ0n) is 12.7. The fourth-order valence-corrected chi connectivity index (χ4v) is 2.37. The SMILES string of the molecule is COc1ccc(Cl)cc1C(=O)OCC(=O)c1ccc2c(c1)OCO2. The number of ketones is 1. The maximum atomic E-state index is 12.2. The van der Waals surface area contributed by atoms with Gasteiger partial charge in [0, 0.05) is 10.6 Å². The molecule has 0 fully saturated rings. The van der Waals surface area contributed by atoms with E-state index in [0.717, 1.165) is 0 Å². The molecule has 0 saturated carbocycles. The molecule has 1 aliphatic rings. The summed E-state index contributed by atoms with van der Waals surface area (Å²) in [6, 6.07) is 9.35. The molecule has 0 saturated heterocycles. The Morgan fingerprint density at radius 2 is 1.92 bits per heavy atom. The molecule has 0 aromatic heterocycles. The molecule has 0 amide bonds. The lowest BCUT2D eigenvalue weighted by atomic mass is 10.1. The van der Waals surface area contributed by atoms with Crippen molar-refractivity contribution in [3.05, 3.63) is 52.5 Å². The van der Waals surface area contributed by atoms with Gasteiger partial charge >= 0.3 is 5.97 Å². The van der Waals surface area contributed by atoms with Crippen molar-refractivity contribution < 1.29 is 28.5 Å². The smallest absolute Gasteiger partial charge is 0.342 e. The number of halogens is 1. The van der Waals surface area contributed by atoms with Gasteiger partial charge in [-0.05, 0) is 36.4 Å². The Bertz CT molecular complexity index is 802. The van der Waals surface area contributed by atoms with Crippen LogP contribution < -0.4 is 14.2 Å². The number of methoxy groups -OCH3 is 1. The van der Waals surface area contributed by atoms with Gasteiger partial charge in [0.25, 0.3) is 0 Å². The van der Waals surface area contributed by atoms with Crippen molar-refractivity contribution in [3.63, 3.8) is 0 Å². The molecule has 0 N–H and O–H groups in total. The summed E-state index contributed by atoms with van der Waals surface area (Å²) in [6.45, 7) is -0.287. The molecule has 6 nitrogen and oxygen atoms in total. The molecule has 7 heteroatoms. The van der Waals surface area contributed by atoms with Gasteiger partial charge in [-0.1, -0.05) is 11.6 Å². The first-order chi connectivity index (χ1) is 11.6. The lowest BCUT2D eigenvalue weighted by molar-refractivity contribution is 0.0471. The van der Waals surface area contributed by atoms with Crippen LogP contribution in [0.4, 0.5) is 0 Å². The molecule has 3 rings (SSSR count). The van der Waals surface area contributed by atoms with Gasteiger partial charge in [-0.15, -0.1) is 0 Å². The van der Waals surface area contributed by atoms with E-state index in [2.05, 4.69) is 0 Å². The van der Waals surface area contributed by atoms with Crippen LogP contribution in [0.15, 0.2) is 36.4 Å². The largest absolute Gasteiger partial charge is 0.496 e. The standard InChI is InChI=1S/C17H13ClO6/c1-21-14-5-3-11(18)7-12(14)17(20)22-8-13(19)10-2-4-15-16(6-10)24-9-23-15/h2-7H,8-9H2,1H3. The number of fused-ring (bicyclic) bond motifs is 1. The summed E-state index contributed by atoms with van der Waals surface area (Å²) >= 11 is 5.87. The normalized spacial score (nSPS) is 11.9. The highest BCUT2D eigenvalue weighted by molar-refractivity contribution is 6.31. The quantitative estimate of drug-likeness (QED) is 0.610. The van der Waals surface area contributed by atoms with Crippen molar-refractivity contribution in [2.75, 3.05) is 20.5 Å². The van der Waals surface area contributed by atoms with Crippen LogP contribution in [0.2, 0.25) is 5.02 Å². The van der Waals surface area contributed by atoms with Crippen LogP contribution in [0.1, 0.15) is 20.7 Å². The molecule has 0 spiro atoms. The van der Waals surface area contributed by atoms with E-state index in [-0.39, 0.29) is 18.1 Å². The Morgan fingerprint density at radius 1 is 1.12 bits per heavy atom. The molecule has 0 unspecified atom stereocenters. The number of esters is 1. The minimum atomic E-state index is -0.691. The van der Waals surface area contributed by atoms with Crippen molar-refractivity contribution in [3.8, 4) is 17.2 Å². The van der Waals surface area contributed by atoms with Crippen LogP contribution in [0.3, 0.4) is 0 Å². The van der Waals surface area contributed by atoms with Crippen molar-refractivity contribution >= 4 is 23.4 Å². The summed E-state index contributed by atoms with van der Waals surface area (Å²) in [7, 11) is 1.43. The Morgan fingerprint density at radius 3 is 2.71 bits per heavy atom. The number of hydrogen-bond donors (Lipinski definition) is 0. The molecular formula is C17H13ClO6. The van der Waals surface area contributed by atoms with Gasteiger partial charge in [0.1, 0.15) is 11.3 Å². The number of carbonyl (C=O) groups excluding carboxylic acids is 2. The van der Waals surface area contributed by atoms with Crippen LogP contribution in [-0.4, -0.2) is 32.3 Å². The highest BCUT2D eigenvalue weighted by atomic mass is 35.5. The first-order valence-electron chi connectivity index (χ1n) is 7.02. The highest BCUT2D eigenvalue weighted by Crippen LogP contribution is 2.32. The maximum absolute atomic E-state index is 12.2. The van der Waals surface area contributed by atoms with E-state index in [1.807, 2.05) is 0 Å². The Hall–Kier alpha value is -2.73. The van der Waals surface area contributed by atoms with Gasteiger partial charge in [-0.25, -0.2) is 4.79 Å². The Kier molecular flexibility index (Phi) is 4.57. The second-order valence-electron chi connectivity index (χ2n) is 4.91. The van der Waals surface area contributed by atoms with Gasteiger partial charge in [0.15, 0.2) is 23.9 Å². The average molecular weight is 349 g/mol. The predicted octanol–water partition coefficient (Wildman–Crippen LogP) is 3.12. The molecular weight excluding hydrogens is 336 g/mol. The van der Waals surface area contributed by atoms with Crippen LogP contribution in [0, 0.1) is 0 Å². The van der Waals surface area contributed by atoms with E-state index in [1.54, 1.807) is 30.3 Å². The van der Waals surface area contributed by atoms with Gasteiger partial charge < -0.3 is 18.9 Å². The van der Waals surface area contributed by atoms with E-state index >= 15 is 0 Å². The number of carbonyl (C=O) groups is 2. The van der Waals surface area contributed by atoms with E-state index < -0.39 is 12.6 Å². The van der Waals surface area contributed by atoms with Crippen molar-refractivity contribution in [1.29, 1.82) is 0 Å². The summed E-state index contributed by atoms with van der Waals surface area (Å²) in [5, 5.41) is 0.366. The van der Waals surface area contributed by atoms with Gasteiger partial charge in [0.05, 0.1) is 7.11 Å². The molecule has 1 aliphatic heterocycles. The Labute approximate surface area is 142 Å². The lowest BCUT2D eigenvalue weighted by Gasteiger charge is -2.09. The zero-order chi connectivity index (χ0) is 17.1. The first kappa shape index (κ1) is 16.1. The monoisotopic (exact) mass is 348 g/mol. The second kappa shape index (κ2) is 6.80. The third kappa shape index (κ3) is 3.28. The minimum Gasteiger partial charge on any atom is -0.496 e. The number of hydrogen-bond acceptors (Lipinski definition) is 6. The molecule has 0 radical (unpaired) electrons. The fourth-order valence-electron chi connectivity index (χ4n) is 2.20. The maximum Gasteiger partial charge on any atom is 0.342 e. The lowest BCUT2D eigenvalue weighted by Crippen LogP contribution is -2.15. The van der Waals surface area contributed by atoms with Crippen LogP contribution in [-0.2, 0) is 4.74 Å². The summed E-state index contributed by atoms with van der Waals surface area (Å²) in [5.41, 5.74) is 0.522. The molecule has 0 bridgehead atoms. The number of benzene rings is 2. The number of Topliss-reactive ketones (excluding diaryl/α,β-unsaturated/α-hetero) is 1. The number of ether oxygens (including phenoxy) is 4. The van der Waals surface area contributed by atoms with Crippen molar-refractivity contribution in [2.45, 2.75) is 0 Å². The third-order valence-corrected chi connectivity index (χ3v) is 3.65. The van der Waals surface area contributed by atoms with Crippen LogP contribution >= 0.6 is 11.6 Å². The molecule has 124 valence electrons. The topological polar surface area (TPSA) is 71.1 Å². The molecule has 2 aromatic carbocycles. The van der Waals surface area contributed by atoms with Crippen LogP contribution in [0.25, 0.3) is 0 Å². The van der Waals surface area contributed by atoms with Crippen LogP contribution in [0.5, 0.6) is 17.2 Å². The third-order valence-electron chi connectivity index (χ3n) is 3.41. The fraction of sp³-hybridized carbons (Fsp3) is 0.176. The summed E-state index contributed by atoms with van der Waals surface area (Å²) < 4.78 is 20.5. The van der Waals surface area contributed by atoms with E-state index in [1.165, 1.54) is 13.2 Å². The van der Waals surface area contributed by atoms with Crippen molar-refractivity contribution in [2.24, 2.45) is 0 Å². The summed E-state index contributed by atoms with van der Waals surface area (Å²) in [5.74, 6) is 0.335. The Balaban J connectivity index is 1.68. The molecule has 24 heavy (non-hydrogen) atoms. The second-order valence-corrected chi connectivity index (χ2v) is 5.35. The van der Waals surface area contributed by atoms with E-state index in [4.69, 9.17) is 30.5 Å². The van der Waals surface area contributed by atoms with E-state index in [0.29, 0.717) is 27.8 Å². The summed E-state index contributed by atoms with van der Waals surface area (Å²) in [6.07, 6.45) is 0. The summed E-state index contributed by atoms with van der Waals surface area (Å²) in [4.78, 5) is 24.3. The van der Waals surface area contributed by atoms with Gasteiger partial charge in [-0.2, -0.15) is 0 Å². The van der Waals surface area contributed by atoms with E-state index in [9.17, 15) is 9.59 Å². The predicted molar refractivity (Wildman–Crippen MR) is 85.2 cm³/mol. The molecule has 2 aromatic rings. The average Bonchev–Trinajstić information content (AvgIpc) is 3.06. The van der Waals surface area contributed by atoms with Gasteiger partial charge in [0.2, 0.25) is 6.79 Å². The minimum absolute atomic E-state index is 0.122. The van der Waals surface area contributed by atoms with Crippen molar-refractivity contribution in [1.82, 2.24) is 0 Å². The number of rotatable bonds is 5. The van der Waals surface area contributed by atoms with Gasteiger partial charge in [-0.3, -0.25) is 4.79 Å². The first-order valence-corrected chi connectivity index (χ1v) is 7.40. The highest BCUT2D eigenvalue weighted by Gasteiger charge is 2.19. The molecule has 0 aliphatic carbocycles. The zero-order valence-corrected chi connectivity index (χ0v) is 13.5. The molecule has 0 atom stereocenters. The molecule has 1 heterocycles.